The highest BCUT2D eigenvalue weighted by atomic mass is 35.5. The van der Waals surface area contributed by atoms with Gasteiger partial charge in [-0.25, -0.2) is 15.8 Å². The van der Waals surface area contributed by atoms with Gasteiger partial charge in [-0.3, -0.25) is 5.43 Å². The summed E-state index contributed by atoms with van der Waals surface area (Å²) in [5, 5.41) is 3.54. The fourth-order valence-corrected chi connectivity index (χ4v) is 3.69. The first kappa shape index (κ1) is 12.7. The Labute approximate surface area is 123 Å². The van der Waals surface area contributed by atoms with Gasteiger partial charge in [-0.2, -0.15) is 0 Å². The number of thiophene rings is 1. The molecule has 0 unspecified atom stereocenters. The first-order valence-electron chi connectivity index (χ1n) is 5.42. The molecule has 0 atom stereocenters. The van der Waals surface area contributed by atoms with Gasteiger partial charge in [0, 0.05) is 4.90 Å². The van der Waals surface area contributed by atoms with E-state index in [0.717, 1.165) is 20.1 Å². The first-order valence-corrected chi connectivity index (χ1v) is 7.49. The minimum atomic E-state index is 0.403. The molecule has 0 amide bonds. The van der Waals surface area contributed by atoms with Crippen LogP contribution in [-0.2, 0) is 0 Å². The predicted octanol–water partition coefficient (Wildman–Crippen LogP) is 3.78. The van der Waals surface area contributed by atoms with E-state index < -0.39 is 0 Å². The maximum atomic E-state index is 6.17. The van der Waals surface area contributed by atoms with Crippen molar-refractivity contribution in [3.63, 3.8) is 0 Å². The van der Waals surface area contributed by atoms with Crippen molar-refractivity contribution in [2.45, 2.75) is 9.92 Å². The van der Waals surface area contributed by atoms with Gasteiger partial charge in [0.2, 0.25) is 5.95 Å². The van der Waals surface area contributed by atoms with E-state index in [1.807, 2.05) is 35.7 Å². The Morgan fingerprint density at radius 3 is 2.84 bits per heavy atom. The van der Waals surface area contributed by atoms with Crippen molar-refractivity contribution in [2.24, 2.45) is 5.84 Å². The number of nitrogens with one attached hydrogen (secondary N) is 1. The van der Waals surface area contributed by atoms with Crippen LogP contribution in [0.15, 0.2) is 45.6 Å². The minimum absolute atomic E-state index is 0.403. The molecular formula is C12H9ClN4S2. The molecule has 0 aliphatic heterocycles. The summed E-state index contributed by atoms with van der Waals surface area (Å²) in [6.07, 6.45) is 0. The predicted molar refractivity (Wildman–Crippen MR) is 80.8 cm³/mol. The molecule has 0 saturated carbocycles. The Bertz CT molecular complexity index is 729. The highest BCUT2D eigenvalue weighted by Crippen LogP contribution is 2.37. The number of fused-ring (bicyclic) bond motifs is 1. The van der Waals surface area contributed by atoms with Crippen LogP contribution in [0, 0.1) is 0 Å². The number of benzene rings is 1. The maximum absolute atomic E-state index is 6.17. The first-order chi connectivity index (χ1) is 9.28. The van der Waals surface area contributed by atoms with Gasteiger partial charge in [-0.1, -0.05) is 35.5 Å². The fourth-order valence-electron chi connectivity index (χ4n) is 1.60. The lowest BCUT2D eigenvalue weighted by molar-refractivity contribution is 1.08. The number of hydrazine groups is 1. The van der Waals surface area contributed by atoms with Crippen LogP contribution in [-0.4, -0.2) is 9.97 Å². The van der Waals surface area contributed by atoms with E-state index in [1.165, 1.54) is 11.8 Å². The SMILES string of the molecule is NNc1nc(Sc2ccccc2Cl)c2sccc2n1. The fraction of sp³-hybridized carbons (Fsp3) is 0. The van der Waals surface area contributed by atoms with E-state index in [0.29, 0.717) is 11.0 Å². The van der Waals surface area contributed by atoms with Crippen LogP contribution in [0.25, 0.3) is 10.2 Å². The number of anilines is 1. The van der Waals surface area contributed by atoms with E-state index >= 15 is 0 Å². The van der Waals surface area contributed by atoms with Crippen molar-refractivity contribution in [1.29, 1.82) is 0 Å². The summed E-state index contributed by atoms with van der Waals surface area (Å²) in [7, 11) is 0. The quantitative estimate of drug-likeness (QED) is 0.438. The molecule has 4 nitrogen and oxygen atoms in total. The van der Waals surface area contributed by atoms with Gasteiger partial charge < -0.3 is 0 Å². The lowest BCUT2D eigenvalue weighted by Crippen LogP contribution is -2.10. The summed E-state index contributed by atoms with van der Waals surface area (Å²) in [4.78, 5) is 9.65. The molecule has 2 heterocycles. The largest absolute Gasteiger partial charge is 0.292 e. The standard InChI is InChI=1S/C12H9ClN4S2/c13-7-3-1-2-4-9(7)19-11-10-8(5-6-18-10)15-12(16-11)17-14/h1-6H,14H2,(H,15,16,17). The molecule has 3 rings (SSSR count). The van der Waals surface area contributed by atoms with Crippen molar-refractivity contribution < 1.29 is 0 Å². The van der Waals surface area contributed by atoms with Crippen LogP contribution >= 0.6 is 34.7 Å². The topological polar surface area (TPSA) is 63.8 Å². The van der Waals surface area contributed by atoms with Gasteiger partial charge >= 0.3 is 0 Å². The van der Waals surface area contributed by atoms with Crippen molar-refractivity contribution >= 4 is 50.9 Å². The van der Waals surface area contributed by atoms with Crippen LogP contribution < -0.4 is 11.3 Å². The van der Waals surface area contributed by atoms with Gasteiger partial charge in [-0.15, -0.1) is 11.3 Å². The normalized spacial score (nSPS) is 10.8. The van der Waals surface area contributed by atoms with E-state index in [1.54, 1.807) is 11.3 Å². The Hall–Kier alpha value is -1.34. The summed E-state index contributed by atoms with van der Waals surface area (Å²) in [5.41, 5.74) is 3.36. The molecule has 19 heavy (non-hydrogen) atoms. The summed E-state index contributed by atoms with van der Waals surface area (Å²) < 4.78 is 1.03. The van der Waals surface area contributed by atoms with Crippen LogP contribution in [0.3, 0.4) is 0 Å². The molecule has 0 fully saturated rings. The molecule has 1 aromatic carbocycles. The molecule has 2 aromatic heterocycles. The number of hydrogen-bond acceptors (Lipinski definition) is 6. The van der Waals surface area contributed by atoms with Gasteiger partial charge in [0.05, 0.1) is 15.2 Å². The Morgan fingerprint density at radius 2 is 2.05 bits per heavy atom. The second kappa shape index (κ2) is 5.34. The van der Waals surface area contributed by atoms with Gasteiger partial charge in [0.25, 0.3) is 0 Å². The molecular weight excluding hydrogens is 300 g/mol. The smallest absolute Gasteiger partial charge is 0.238 e. The Morgan fingerprint density at radius 1 is 1.21 bits per heavy atom. The molecule has 7 heteroatoms. The summed E-state index contributed by atoms with van der Waals surface area (Å²) in [5.74, 6) is 5.80. The molecule has 0 aliphatic carbocycles. The molecule has 0 saturated heterocycles. The van der Waals surface area contributed by atoms with Crippen LogP contribution in [0.4, 0.5) is 5.95 Å². The number of halogens is 1. The van der Waals surface area contributed by atoms with Crippen molar-refractivity contribution in [3.05, 3.63) is 40.7 Å². The minimum Gasteiger partial charge on any atom is -0.292 e. The number of rotatable bonds is 3. The average Bonchev–Trinajstić information content (AvgIpc) is 2.89. The van der Waals surface area contributed by atoms with Crippen LogP contribution in [0.1, 0.15) is 0 Å². The van der Waals surface area contributed by atoms with Crippen molar-refractivity contribution in [3.8, 4) is 0 Å². The Balaban J connectivity index is 2.09. The van der Waals surface area contributed by atoms with Crippen molar-refractivity contribution in [1.82, 2.24) is 9.97 Å². The van der Waals surface area contributed by atoms with E-state index in [-0.39, 0.29) is 0 Å². The zero-order valence-corrected chi connectivity index (χ0v) is 12.0. The molecule has 3 aromatic rings. The molecule has 0 bridgehead atoms. The van der Waals surface area contributed by atoms with Crippen molar-refractivity contribution in [2.75, 3.05) is 5.43 Å². The van der Waals surface area contributed by atoms with E-state index in [4.69, 9.17) is 17.4 Å². The lowest BCUT2D eigenvalue weighted by Gasteiger charge is -2.06. The van der Waals surface area contributed by atoms with Crippen LogP contribution in [0.5, 0.6) is 0 Å². The number of hydrogen-bond donors (Lipinski definition) is 2. The molecule has 0 aliphatic rings. The third-order valence-corrected chi connectivity index (χ3v) is 4.99. The third kappa shape index (κ3) is 2.52. The number of nitrogens with two attached hydrogens (primary N) is 1. The monoisotopic (exact) mass is 308 g/mol. The summed E-state index contributed by atoms with van der Waals surface area (Å²) >= 11 is 9.28. The second-order valence-corrected chi connectivity index (χ2v) is 6.02. The number of nitrogens with zero attached hydrogens (tertiary/aromatic N) is 2. The zero-order chi connectivity index (χ0) is 13.2. The maximum Gasteiger partial charge on any atom is 0.238 e. The summed E-state index contributed by atoms with van der Waals surface area (Å²) in [6.45, 7) is 0. The molecule has 3 N–H and O–H groups in total. The molecule has 0 radical (unpaired) electrons. The highest BCUT2D eigenvalue weighted by Gasteiger charge is 2.11. The van der Waals surface area contributed by atoms with Gasteiger partial charge in [0.1, 0.15) is 5.03 Å². The Kier molecular flexibility index (Phi) is 3.56. The van der Waals surface area contributed by atoms with Gasteiger partial charge in [-0.05, 0) is 23.6 Å². The highest BCUT2D eigenvalue weighted by molar-refractivity contribution is 7.99. The van der Waals surface area contributed by atoms with E-state index in [2.05, 4.69) is 15.4 Å². The average molecular weight is 309 g/mol. The third-order valence-electron chi connectivity index (χ3n) is 2.44. The molecule has 0 spiro atoms. The van der Waals surface area contributed by atoms with Crippen LogP contribution in [0.2, 0.25) is 5.02 Å². The van der Waals surface area contributed by atoms with E-state index in [9.17, 15) is 0 Å². The lowest BCUT2D eigenvalue weighted by atomic mass is 10.4. The molecule has 96 valence electrons. The number of aromatic nitrogens is 2. The zero-order valence-electron chi connectivity index (χ0n) is 9.63. The number of nitrogen functional groups attached to an aromatic ring is 1. The second-order valence-electron chi connectivity index (χ2n) is 3.66. The summed E-state index contributed by atoms with van der Waals surface area (Å²) in [6, 6.07) is 9.62. The van der Waals surface area contributed by atoms with Gasteiger partial charge in [0.15, 0.2) is 0 Å².